The number of aliphatic hydroxyl groups is 1. The lowest BCUT2D eigenvalue weighted by atomic mass is 9.90. The molecule has 1 heterocycles. The Hall–Kier alpha value is -2.14. The van der Waals surface area contributed by atoms with E-state index in [1.165, 1.54) is 12.1 Å². The highest BCUT2D eigenvalue weighted by molar-refractivity contribution is 5.73. The average molecular weight is 302 g/mol. The van der Waals surface area contributed by atoms with E-state index in [1.807, 2.05) is 20.8 Å². The molecule has 2 rings (SSSR count). The highest BCUT2D eigenvalue weighted by Crippen LogP contribution is 2.34. The number of nitrogens with zero attached hydrogens (tertiary/aromatic N) is 2. The normalized spacial score (nSPS) is 11.0. The van der Waals surface area contributed by atoms with Crippen molar-refractivity contribution in [1.82, 2.24) is 4.98 Å². The molecular weight excluding hydrogens is 283 g/mol. The topological polar surface area (TPSA) is 62.6 Å². The van der Waals surface area contributed by atoms with Gasteiger partial charge < -0.3 is 5.11 Å². The van der Waals surface area contributed by atoms with E-state index in [-0.39, 0.29) is 24.9 Å². The molecule has 0 radical (unpaired) electrons. The molecule has 5 heteroatoms. The van der Waals surface area contributed by atoms with Crippen molar-refractivity contribution in [3.8, 4) is 11.1 Å². The van der Waals surface area contributed by atoms with Crippen molar-refractivity contribution in [3.05, 3.63) is 57.5 Å². The van der Waals surface area contributed by atoms with Crippen molar-refractivity contribution in [3.63, 3.8) is 0 Å². The van der Waals surface area contributed by atoms with Crippen LogP contribution in [-0.4, -0.2) is 10.1 Å². The number of pyridine rings is 1. The maximum atomic E-state index is 13.2. The van der Waals surface area contributed by atoms with Crippen molar-refractivity contribution >= 4 is 0 Å². The van der Waals surface area contributed by atoms with Crippen LogP contribution in [-0.2, 0) is 13.2 Å². The lowest BCUT2D eigenvalue weighted by Gasteiger charge is -2.20. The molecule has 0 aliphatic heterocycles. The molecule has 22 heavy (non-hydrogen) atoms. The standard InChI is InChI=1S/C17H19FN2O2/c1-10(2)17-15(9-21)16(12-4-6-13(18)7-5-12)14(8-19-22)11(3)20-17/h4-7,10,21H,8-9H2,1-3H3. The van der Waals surface area contributed by atoms with Crippen LogP contribution in [0, 0.1) is 17.6 Å². The van der Waals surface area contributed by atoms with E-state index in [9.17, 15) is 14.4 Å². The first-order valence-corrected chi connectivity index (χ1v) is 7.17. The molecule has 0 fully saturated rings. The predicted molar refractivity (Wildman–Crippen MR) is 83.9 cm³/mol. The summed E-state index contributed by atoms with van der Waals surface area (Å²) in [6, 6.07) is 6.00. The Labute approximate surface area is 129 Å². The molecule has 116 valence electrons. The zero-order chi connectivity index (χ0) is 16.3. The number of halogens is 1. The first kappa shape index (κ1) is 16.2. The van der Waals surface area contributed by atoms with Gasteiger partial charge in [-0.05, 0) is 36.1 Å². The molecule has 0 saturated carbocycles. The van der Waals surface area contributed by atoms with Crippen LogP contribution < -0.4 is 0 Å². The number of nitroso groups, excluding NO2 is 1. The maximum absolute atomic E-state index is 13.2. The summed E-state index contributed by atoms with van der Waals surface area (Å²) in [6.07, 6.45) is 0. The van der Waals surface area contributed by atoms with Crippen molar-refractivity contribution < 1.29 is 9.50 Å². The van der Waals surface area contributed by atoms with Crippen molar-refractivity contribution in [2.45, 2.75) is 39.8 Å². The zero-order valence-electron chi connectivity index (χ0n) is 12.9. The highest BCUT2D eigenvalue weighted by atomic mass is 19.1. The number of benzene rings is 1. The first-order valence-electron chi connectivity index (χ1n) is 7.17. The molecule has 2 aromatic rings. The Morgan fingerprint density at radius 1 is 1.23 bits per heavy atom. The van der Waals surface area contributed by atoms with E-state index < -0.39 is 0 Å². The Balaban J connectivity index is 2.81. The number of aryl methyl sites for hydroxylation is 1. The second-order valence-corrected chi connectivity index (χ2v) is 5.52. The minimum Gasteiger partial charge on any atom is -0.392 e. The van der Waals surface area contributed by atoms with Crippen LogP contribution in [0.3, 0.4) is 0 Å². The minimum absolute atomic E-state index is 0.0308. The number of rotatable bonds is 5. The Morgan fingerprint density at radius 3 is 2.36 bits per heavy atom. The number of aliphatic hydroxyl groups excluding tert-OH is 1. The quantitative estimate of drug-likeness (QED) is 0.846. The molecule has 1 aromatic heterocycles. The third-order valence-corrected chi connectivity index (χ3v) is 3.70. The zero-order valence-corrected chi connectivity index (χ0v) is 12.9. The Kier molecular flexibility index (Phi) is 4.98. The molecule has 4 nitrogen and oxygen atoms in total. The maximum Gasteiger partial charge on any atom is 0.123 e. The van der Waals surface area contributed by atoms with Crippen LogP contribution in [0.1, 0.15) is 42.3 Å². The lowest BCUT2D eigenvalue weighted by molar-refractivity contribution is 0.280. The second kappa shape index (κ2) is 6.75. The second-order valence-electron chi connectivity index (χ2n) is 5.52. The molecule has 0 saturated heterocycles. The number of aromatic nitrogens is 1. The van der Waals surface area contributed by atoms with E-state index in [1.54, 1.807) is 12.1 Å². The molecular formula is C17H19FN2O2. The summed E-state index contributed by atoms with van der Waals surface area (Å²) >= 11 is 0. The third kappa shape index (κ3) is 3.04. The molecule has 0 aliphatic carbocycles. The van der Waals surface area contributed by atoms with E-state index in [0.29, 0.717) is 16.8 Å². The number of hydrogen-bond acceptors (Lipinski definition) is 4. The summed E-state index contributed by atoms with van der Waals surface area (Å²) in [5.74, 6) is -0.211. The van der Waals surface area contributed by atoms with E-state index in [2.05, 4.69) is 10.2 Å². The fourth-order valence-corrected chi connectivity index (χ4v) is 2.67. The molecule has 0 amide bonds. The smallest absolute Gasteiger partial charge is 0.123 e. The minimum atomic E-state index is -0.334. The van der Waals surface area contributed by atoms with Crippen LogP contribution >= 0.6 is 0 Å². The van der Waals surface area contributed by atoms with Gasteiger partial charge in [0.05, 0.1) is 6.61 Å². The van der Waals surface area contributed by atoms with Gasteiger partial charge in [-0.1, -0.05) is 31.2 Å². The van der Waals surface area contributed by atoms with Crippen molar-refractivity contribution in [2.75, 3.05) is 0 Å². The summed E-state index contributed by atoms with van der Waals surface area (Å²) in [7, 11) is 0. The molecule has 0 bridgehead atoms. The van der Waals surface area contributed by atoms with Gasteiger partial charge in [-0.15, -0.1) is 0 Å². The summed E-state index contributed by atoms with van der Waals surface area (Å²) < 4.78 is 13.2. The summed E-state index contributed by atoms with van der Waals surface area (Å²) in [5, 5.41) is 12.8. The van der Waals surface area contributed by atoms with Crippen LogP contribution in [0.25, 0.3) is 11.1 Å². The van der Waals surface area contributed by atoms with Gasteiger partial charge in [-0.25, -0.2) is 4.39 Å². The summed E-state index contributed by atoms with van der Waals surface area (Å²) in [5.41, 5.74) is 4.32. The van der Waals surface area contributed by atoms with Crippen molar-refractivity contribution in [1.29, 1.82) is 0 Å². The SMILES string of the molecule is Cc1nc(C(C)C)c(CO)c(-c2ccc(F)cc2)c1CN=O. The molecule has 0 aliphatic rings. The predicted octanol–water partition coefficient (Wildman–Crippen LogP) is 4.08. The summed E-state index contributed by atoms with van der Waals surface area (Å²) in [6.45, 7) is 5.58. The Bertz CT molecular complexity index is 682. The molecule has 0 atom stereocenters. The monoisotopic (exact) mass is 302 g/mol. The van der Waals surface area contributed by atoms with Gasteiger partial charge in [-0.3, -0.25) is 4.98 Å². The van der Waals surface area contributed by atoms with Gasteiger partial charge in [-0.2, -0.15) is 4.91 Å². The fourth-order valence-electron chi connectivity index (χ4n) is 2.67. The van der Waals surface area contributed by atoms with E-state index in [4.69, 9.17) is 0 Å². The molecule has 1 aromatic carbocycles. The van der Waals surface area contributed by atoms with Crippen LogP contribution in [0.4, 0.5) is 4.39 Å². The van der Waals surface area contributed by atoms with E-state index in [0.717, 1.165) is 16.8 Å². The summed E-state index contributed by atoms with van der Waals surface area (Å²) in [4.78, 5) is 15.3. The molecule has 1 N–H and O–H groups in total. The van der Waals surface area contributed by atoms with Crippen LogP contribution in [0.5, 0.6) is 0 Å². The molecule has 0 spiro atoms. The number of hydrogen-bond donors (Lipinski definition) is 1. The lowest BCUT2D eigenvalue weighted by Crippen LogP contribution is -2.09. The van der Waals surface area contributed by atoms with Gasteiger partial charge in [0.1, 0.15) is 12.4 Å². The van der Waals surface area contributed by atoms with Crippen LogP contribution in [0.2, 0.25) is 0 Å². The van der Waals surface area contributed by atoms with Gasteiger partial charge in [0.25, 0.3) is 0 Å². The third-order valence-electron chi connectivity index (χ3n) is 3.70. The van der Waals surface area contributed by atoms with Gasteiger partial charge >= 0.3 is 0 Å². The fraction of sp³-hybridized carbons (Fsp3) is 0.353. The Morgan fingerprint density at radius 2 is 1.86 bits per heavy atom. The largest absolute Gasteiger partial charge is 0.392 e. The highest BCUT2D eigenvalue weighted by Gasteiger charge is 2.20. The van der Waals surface area contributed by atoms with Gasteiger partial charge in [0, 0.05) is 22.5 Å². The van der Waals surface area contributed by atoms with Crippen molar-refractivity contribution in [2.24, 2.45) is 5.18 Å². The molecule has 0 unspecified atom stereocenters. The average Bonchev–Trinajstić information content (AvgIpc) is 2.49. The first-order chi connectivity index (χ1) is 10.5. The van der Waals surface area contributed by atoms with E-state index >= 15 is 0 Å². The van der Waals surface area contributed by atoms with Gasteiger partial charge in [0.2, 0.25) is 0 Å². The van der Waals surface area contributed by atoms with Gasteiger partial charge in [0.15, 0.2) is 0 Å². The van der Waals surface area contributed by atoms with Crippen LogP contribution in [0.15, 0.2) is 29.4 Å².